The van der Waals surface area contributed by atoms with Gasteiger partial charge in [0.15, 0.2) is 0 Å². The smallest absolute Gasteiger partial charge is 0.353 e. The SMILES string of the molecule is Cc1ccnc(CCCNC(=O)C=CC(F)(F)F)c1. The summed E-state index contributed by atoms with van der Waals surface area (Å²) in [5.41, 5.74) is 2.00. The molecule has 1 N–H and O–H groups in total. The Labute approximate surface area is 109 Å². The molecule has 1 amide bonds. The molecule has 104 valence electrons. The van der Waals surface area contributed by atoms with Crippen LogP contribution in [0.2, 0.25) is 0 Å². The summed E-state index contributed by atoms with van der Waals surface area (Å²) in [6, 6.07) is 3.82. The van der Waals surface area contributed by atoms with E-state index in [-0.39, 0.29) is 6.08 Å². The molecule has 19 heavy (non-hydrogen) atoms. The average Bonchev–Trinajstić information content (AvgIpc) is 2.31. The van der Waals surface area contributed by atoms with Gasteiger partial charge in [0.1, 0.15) is 0 Å². The van der Waals surface area contributed by atoms with E-state index in [1.54, 1.807) is 6.20 Å². The molecule has 0 aliphatic carbocycles. The van der Waals surface area contributed by atoms with Crippen LogP contribution in [-0.2, 0) is 11.2 Å². The fraction of sp³-hybridized carbons (Fsp3) is 0.385. The molecule has 1 aromatic rings. The third-order valence-electron chi connectivity index (χ3n) is 2.30. The van der Waals surface area contributed by atoms with Crippen molar-refractivity contribution in [1.29, 1.82) is 0 Å². The molecule has 0 atom stereocenters. The van der Waals surface area contributed by atoms with E-state index in [2.05, 4.69) is 10.3 Å². The summed E-state index contributed by atoms with van der Waals surface area (Å²) >= 11 is 0. The fourth-order valence-corrected chi connectivity index (χ4v) is 1.45. The highest BCUT2D eigenvalue weighted by Gasteiger charge is 2.22. The standard InChI is InChI=1S/C13H15F3N2O/c1-10-5-8-17-11(9-10)3-2-7-18-12(19)4-6-13(14,15)16/h4-6,8-9H,2-3,7H2,1H3,(H,18,19). The number of carbonyl (C=O) groups is 1. The summed E-state index contributed by atoms with van der Waals surface area (Å²) < 4.78 is 35.4. The van der Waals surface area contributed by atoms with Crippen LogP contribution in [0.5, 0.6) is 0 Å². The quantitative estimate of drug-likeness (QED) is 0.661. The second-order valence-electron chi connectivity index (χ2n) is 4.09. The van der Waals surface area contributed by atoms with Crippen LogP contribution in [-0.4, -0.2) is 23.6 Å². The van der Waals surface area contributed by atoms with Gasteiger partial charge in [0, 0.05) is 30.6 Å². The second kappa shape index (κ2) is 6.92. The Bertz CT molecular complexity index is 455. The molecule has 0 spiro atoms. The minimum Gasteiger partial charge on any atom is -0.353 e. The minimum absolute atomic E-state index is 0.0789. The van der Waals surface area contributed by atoms with Crippen LogP contribution in [0.4, 0.5) is 13.2 Å². The number of pyridine rings is 1. The van der Waals surface area contributed by atoms with Crippen molar-refractivity contribution in [3.8, 4) is 0 Å². The van der Waals surface area contributed by atoms with E-state index in [9.17, 15) is 18.0 Å². The first-order valence-electron chi connectivity index (χ1n) is 5.82. The van der Waals surface area contributed by atoms with Crippen molar-refractivity contribution in [2.75, 3.05) is 6.54 Å². The lowest BCUT2D eigenvalue weighted by Gasteiger charge is -2.03. The van der Waals surface area contributed by atoms with E-state index in [0.29, 0.717) is 25.5 Å². The number of hydrogen-bond acceptors (Lipinski definition) is 2. The highest BCUT2D eigenvalue weighted by atomic mass is 19.4. The Morgan fingerprint density at radius 3 is 2.84 bits per heavy atom. The van der Waals surface area contributed by atoms with E-state index in [4.69, 9.17) is 0 Å². The van der Waals surface area contributed by atoms with Crippen LogP contribution < -0.4 is 5.32 Å². The van der Waals surface area contributed by atoms with Crippen molar-refractivity contribution < 1.29 is 18.0 Å². The first-order valence-corrected chi connectivity index (χ1v) is 5.82. The molecule has 0 saturated heterocycles. The summed E-state index contributed by atoms with van der Waals surface area (Å²) in [6.45, 7) is 2.27. The van der Waals surface area contributed by atoms with E-state index < -0.39 is 12.1 Å². The fourth-order valence-electron chi connectivity index (χ4n) is 1.45. The Balaban J connectivity index is 2.24. The number of carbonyl (C=O) groups excluding carboxylic acids is 1. The average molecular weight is 272 g/mol. The van der Waals surface area contributed by atoms with E-state index in [0.717, 1.165) is 11.3 Å². The Morgan fingerprint density at radius 2 is 2.21 bits per heavy atom. The Kier molecular flexibility index (Phi) is 5.54. The first kappa shape index (κ1) is 15.2. The lowest BCUT2D eigenvalue weighted by atomic mass is 10.2. The van der Waals surface area contributed by atoms with Crippen LogP contribution in [0.25, 0.3) is 0 Å². The van der Waals surface area contributed by atoms with Gasteiger partial charge in [0.2, 0.25) is 5.91 Å². The predicted octanol–water partition coefficient (Wildman–Crippen LogP) is 2.56. The van der Waals surface area contributed by atoms with Gasteiger partial charge < -0.3 is 5.32 Å². The first-order chi connectivity index (χ1) is 8.87. The predicted molar refractivity (Wildman–Crippen MR) is 65.5 cm³/mol. The van der Waals surface area contributed by atoms with Crippen LogP contribution in [0.1, 0.15) is 17.7 Å². The lowest BCUT2D eigenvalue weighted by Crippen LogP contribution is -2.23. The molecule has 0 aliphatic rings. The number of alkyl halides is 3. The van der Waals surface area contributed by atoms with Gasteiger partial charge in [-0.05, 0) is 37.5 Å². The molecule has 1 heterocycles. The van der Waals surface area contributed by atoms with Gasteiger partial charge in [-0.1, -0.05) is 0 Å². The molecule has 1 aromatic heterocycles. The molecule has 0 bridgehead atoms. The van der Waals surface area contributed by atoms with E-state index in [1.165, 1.54) is 0 Å². The molecule has 0 aromatic carbocycles. The zero-order valence-electron chi connectivity index (χ0n) is 10.5. The van der Waals surface area contributed by atoms with Crippen LogP contribution >= 0.6 is 0 Å². The highest BCUT2D eigenvalue weighted by Crippen LogP contribution is 2.15. The molecule has 0 radical (unpaired) electrons. The summed E-state index contributed by atoms with van der Waals surface area (Å²) in [7, 11) is 0. The largest absolute Gasteiger partial charge is 0.409 e. The van der Waals surface area contributed by atoms with Crippen molar-refractivity contribution in [2.45, 2.75) is 25.9 Å². The molecular formula is C13H15F3N2O. The maximum Gasteiger partial charge on any atom is 0.409 e. The lowest BCUT2D eigenvalue weighted by molar-refractivity contribution is -0.117. The summed E-state index contributed by atoms with van der Waals surface area (Å²) in [4.78, 5) is 15.2. The van der Waals surface area contributed by atoms with Crippen LogP contribution in [0.3, 0.4) is 0 Å². The van der Waals surface area contributed by atoms with Gasteiger partial charge in [0.25, 0.3) is 0 Å². The number of rotatable bonds is 5. The van der Waals surface area contributed by atoms with E-state index >= 15 is 0 Å². The number of amides is 1. The van der Waals surface area contributed by atoms with Crippen molar-refractivity contribution >= 4 is 5.91 Å². The topological polar surface area (TPSA) is 42.0 Å². The number of nitrogens with one attached hydrogen (secondary N) is 1. The Morgan fingerprint density at radius 1 is 1.47 bits per heavy atom. The molecule has 0 saturated carbocycles. The van der Waals surface area contributed by atoms with Crippen LogP contribution in [0.15, 0.2) is 30.5 Å². The number of allylic oxidation sites excluding steroid dienone is 1. The van der Waals surface area contributed by atoms with Crippen LogP contribution in [0, 0.1) is 6.92 Å². The highest BCUT2D eigenvalue weighted by molar-refractivity contribution is 5.87. The van der Waals surface area contributed by atoms with Gasteiger partial charge in [-0.15, -0.1) is 0 Å². The van der Waals surface area contributed by atoms with Crippen molar-refractivity contribution in [3.05, 3.63) is 41.7 Å². The van der Waals surface area contributed by atoms with Gasteiger partial charge in [-0.3, -0.25) is 9.78 Å². The molecule has 0 unspecified atom stereocenters. The molecule has 0 aliphatic heterocycles. The number of aromatic nitrogens is 1. The molecular weight excluding hydrogens is 257 g/mol. The minimum atomic E-state index is -4.46. The van der Waals surface area contributed by atoms with E-state index in [1.807, 2.05) is 19.1 Å². The summed E-state index contributed by atoms with van der Waals surface area (Å²) in [5, 5.41) is 2.39. The normalized spacial score (nSPS) is 11.8. The van der Waals surface area contributed by atoms with Crippen molar-refractivity contribution in [3.63, 3.8) is 0 Å². The molecule has 0 fully saturated rings. The maximum atomic E-state index is 11.8. The third-order valence-corrected chi connectivity index (χ3v) is 2.30. The second-order valence-corrected chi connectivity index (χ2v) is 4.09. The summed E-state index contributed by atoms with van der Waals surface area (Å²) in [6.07, 6.45) is -1.04. The monoisotopic (exact) mass is 272 g/mol. The van der Waals surface area contributed by atoms with Gasteiger partial charge >= 0.3 is 6.18 Å². The molecule has 3 nitrogen and oxygen atoms in total. The van der Waals surface area contributed by atoms with Gasteiger partial charge in [-0.25, -0.2) is 0 Å². The molecule has 1 rings (SSSR count). The third kappa shape index (κ3) is 7.23. The number of halogens is 3. The van der Waals surface area contributed by atoms with Gasteiger partial charge in [0.05, 0.1) is 0 Å². The zero-order valence-corrected chi connectivity index (χ0v) is 10.5. The van der Waals surface area contributed by atoms with Crippen molar-refractivity contribution in [1.82, 2.24) is 10.3 Å². The van der Waals surface area contributed by atoms with Gasteiger partial charge in [-0.2, -0.15) is 13.2 Å². The maximum absolute atomic E-state index is 11.8. The number of aryl methyl sites for hydroxylation is 2. The zero-order chi connectivity index (χ0) is 14.3. The molecule has 6 heteroatoms. The van der Waals surface area contributed by atoms with Crippen molar-refractivity contribution in [2.24, 2.45) is 0 Å². The summed E-state index contributed by atoms with van der Waals surface area (Å²) in [5.74, 6) is -0.741. The number of hydrogen-bond donors (Lipinski definition) is 1. The number of nitrogens with zero attached hydrogens (tertiary/aromatic N) is 1. The Hall–Kier alpha value is -1.85.